The summed E-state index contributed by atoms with van der Waals surface area (Å²) < 4.78 is 5.11. The Morgan fingerprint density at radius 1 is 1.44 bits per heavy atom. The lowest BCUT2D eigenvalue weighted by Gasteiger charge is -2.24. The van der Waals surface area contributed by atoms with E-state index in [-0.39, 0.29) is 5.91 Å². The Morgan fingerprint density at radius 3 is 2.56 bits per heavy atom. The molecular formula is C13H19N3O2. The van der Waals surface area contributed by atoms with Crippen molar-refractivity contribution in [2.75, 3.05) is 20.1 Å². The highest BCUT2D eigenvalue weighted by molar-refractivity contribution is 5.93. The maximum atomic E-state index is 12.2. The molecule has 2 rings (SSSR count). The highest BCUT2D eigenvalue weighted by atomic mass is 16.5. The molecule has 0 spiro atoms. The maximum absolute atomic E-state index is 12.2. The van der Waals surface area contributed by atoms with Gasteiger partial charge in [0.15, 0.2) is 0 Å². The van der Waals surface area contributed by atoms with Crippen molar-refractivity contribution in [2.24, 2.45) is 0 Å². The molecule has 1 saturated heterocycles. The lowest BCUT2D eigenvalue weighted by atomic mass is 10.0. The van der Waals surface area contributed by atoms with E-state index in [1.165, 1.54) is 5.57 Å². The smallest absolute Gasteiger partial charge is 0.249 e. The summed E-state index contributed by atoms with van der Waals surface area (Å²) in [6, 6.07) is 0. The van der Waals surface area contributed by atoms with E-state index in [2.05, 4.69) is 10.5 Å². The monoisotopic (exact) mass is 249 g/mol. The van der Waals surface area contributed by atoms with Crippen LogP contribution in [0.15, 0.2) is 15.7 Å². The van der Waals surface area contributed by atoms with E-state index in [1.54, 1.807) is 4.90 Å². The Balaban J connectivity index is 2.08. The summed E-state index contributed by atoms with van der Waals surface area (Å²) in [6.07, 6.45) is 0. The zero-order valence-corrected chi connectivity index (χ0v) is 11.3. The number of aryl methyl sites for hydroxylation is 2. The lowest BCUT2D eigenvalue weighted by Crippen LogP contribution is -2.38. The van der Waals surface area contributed by atoms with Crippen LogP contribution in [-0.4, -0.2) is 36.1 Å². The molecule has 5 nitrogen and oxygen atoms in total. The summed E-state index contributed by atoms with van der Waals surface area (Å²) >= 11 is 0. The number of nitrogens with one attached hydrogen (secondary N) is 1. The minimum Gasteiger partial charge on any atom is -0.361 e. The molecule has 1 fully saturated rings. The van der Waals surface area contributed by atoms with Crippen LogP contribution >= 0.6 is 0 Å². The molecule has 18 heavy (non-hydrogen) atoms. The first-order valence-corrected chi connectivity index (χ1v) is 6.07. The topological polar surface area (TPSA) is 58.4 Å². The van der Waals surface area contributed by atoms with Crippen molar-refractivity contribution < 1.29 is 9.32 Å². The second kappa shape index (κ2) is 4.94. The highest BCUT2D eigenvalue weighted by Crippen LogP contribution is 2.17. The molecule has 1 aromatic heterocycles. The third-order valence-corrected chi connectivity index (χ3v) is 3.45. The normalized spacial score (nSPS) is 14.3. The van der Waals surface area contributed by atoms with Crippen molar-refractivity contribution in [3.63, 3.8) is 0 Å². The van der Waals surface area contributed by atoms with Gasteiger partial charge in [-0.1, -0.05) is 5.16 Å². The molecule has 1 aromatic rings. The molecule has 98 valence electrons. The van der Waals surface area contributed by atoms with Gasteiger partial charge in [0.2, 0.25) is 5.91 Å². The van der Waals surface area contributed by atoms with Gasteiger partial charge in [0.05, 0.1) is 12.2 Å². The van der Waals surface area contributed by atoms with Gasteiger partial charge in [0.1, 0.15) is 5.76 Å². The number of carbonyl (C=O) groups is 1. The Hall–Kier alpha value is -1.62. The number of aromatic nitrogens is 1. The first-order valence-electron chi connectivity index (χ1n) is 6.07. The van der Waals surface area contributed by atoms with E-state index in [0.29, 0.717) is 6.54 Å². The number of amides is 1. The SMILES string of the molecule is CC(C(=O)N(C)Cc1c(C)noc1C)=C1CNC1. The first-order chi connectivity index (χ1) is 8.50. The minimum absolute atomic E-state index is 0.0755. The van der Waals surface area contributed by atoms with Gasteiger partial charge in [0, 0.05) is 31.3 Å². The summed E-state index contributed by atoms with van der Waals surface area (Å²) in [6.45, 7) is 7.86. The van der Waals surface area contributed by atoms with Crippen LogP contribution in [0, 0.1) is 13.8 Å². The van der Waals surface area contributed by atoms with Gasteiger partial charge in [0.25, 0.3) is 0 Å². The summed E-state index contributed by atoms with van der Waals surface area (Å²) in [5.41, 5.74) is 3.90. The van der Waals surface area contributed by atoms with E-state index in [1.807, 2.05) is 27.8 Å². The molecule has 0 bridgehead atoms. The second-order valence-corrected chi connectivity index (χ2v) is 4.80. The van der Waals surface area contributed by atoms with Gasteiger partial charge in [-0.3, -0.25) is 4.79 Å². The molecule has 0 atom stereocenters. The van der Waals surface area contributed by atoms with Crippen molar-refractivity contribution in [1.29, 1.82) is 0 Å². The van der Waals surface area contributed by atoms with E-state index in [0.717, 1.165) is 35.7 Å². The summed E-state index contributed by atoms with van der Waals surface area (Å²) in [5, 5.41) is 7.05. The molecule has 1 amide bonds. The van der Waals surface area contributed by atoms with Crippen LogP contribution in [0.3, 0.4) is 0 Å². The summed E-state index contributed by atoms with van der Waals surface area (Å²) in [5.74, 6) is 0.856. The van der Waals surface area contributed by atoms with E-state index >= 15 is 0 Å². The number of likely N-dealkylation sites (N-methyl/N-ethyl adjacent to an activating group) is 1. The summed E-state index contributed by atoms with van der Waals surface area (Å²) in [4.78, 5) is 13.9. The molecule has 0 aliphatic carbocycles. The number of hydrogen-bond donors (Lipinski definition) is 1. The fraction of sp³-hybridized carbons (Fsp3) is 0.538. The molecule has 1 aliphatic rings. The quantitative estimate of drug-likeness (QED) is 0.817. The van der Waals surface area contributed by atoms with Crippen LogP contribution in [-0.2, 0) is 11.3 Å². The van der Waals surface area contributed by atoms with Crippen molar-refractivity contribution in [1.82, 2.24) is 15.4 Å². The molecule has 0 radical (unpaired) electrons. The molecule has 0 unspecified atom stereocenters. The average molecular weight is 249 g/mol. The molecule has 1 aliphatic heterocycles. The number of rotatable bonds is 3. The number of hydrogen-bond acceptors (Lipinski definition) is 4. The van der Waals surface area contributed by atoms with E-state index in [4.69, 9.17) is 4.52 Å². The Labute approximate surface area is 107 Å². The van der Waals surface area contributed by atoms with Gasteiger partial charge in [-0.25, -0.2) is 0 Å². The molecule has 0 saturated carbocycles. The van der Waals surface area contributed by atoms with E-state index in [9.17, 15) is 4.79 Å². The molecule has 0 aromatic carbocycles. The fourth-order valence-electron chi connectivity index (χ4n) is 1.99. The average Bonchev–Trinajstić information content (AvgIpc) is 2.57. The van der Waals surface area contributed by atoms with Gasteiger partial charge in [-0.05, 0) is 26.3 Å². The molecule has 1 N–H and O–H groups in total. The summed E-state index contributed by atoms with van der Waals surface area (Å²) in [7, 11) is 1.81. The minimum atomic E-state index is 0.0755. The Bertz CT molecular complexity index is 477. The van der Waals surface area contributed by atoms with Crippen LogP contribution in [0.5, 0.6) is 0 Å². The molecule has 2 heterocycles. The molecular weight excluding hydrogens is 230 g/mol. The van der Waals surface area contributed by atoms with Gasteiger partial charge < -0.3 is 14.7 Å². The lowest BCUT2D eigenvalue weighted by molar-refractivity contribution is -0.126. The van der Waals surface area contributed by atoms with Gasteiger partial charge >= 0.3 is 0 Å². The number of carbonyl (C=O) groups excluding carboxylic acids is 1. The first kappa shape index (κ1) is 12.8. The molecule has 5 heteroatoms. The van der Waals surface area contributed by atoms with Crippen LogP contribution < -0.4 is 5.32 Å². The van der Waals surface area contributed by atoms with Gasteiger partial charge in [-0.15, -0.1) is 0 Å². The second-order valence-electron chi connectivity index (χ2n) is 4.80. The predicted octanol–water partition coefficient (Wildman–Crippen LogP) is 1.17. The van der Waals surface area contributed by atoms with Crippen molar-refractivity contribution in [3.8, 4) is 0 Å². The third kappa shape index (κ3) is 2.31. The maximum Gasteiger partial charge on any atom is 0.249 e. The Kier molecular flexibility index (Phi) is 3.52. The highest BCUT2D eigenvalue weighted by Gasteiger charge is 2.20. The van der Waals surface area contributed by atoms with Crippen molar-refractivity contribution in [2.45, 2.75) is 27.3 Å². The predicted molar refractivity (Wildman–Crippen MR) is 68.0 cm³/mol. The van der Waals surface area contributed by atoms with Crippen LogP contribution in [0.1, 0.15) is 23.9 Å². The third-order valence-electron chi connectivity index (χ3n) is 3.45. The van der Waals surface area contributed by atoms with Crippen molar-refractivity contribution in [3.05, 3.63) is 28.2 Å². The Morgan fingerprint density at radius 2 is 2.11 bits per heavy atom. The largest absolute Gasteiger partial charge is 0.361 e. The van der Waals surface area contributed by atoms with Crippen LogP contribution in [0.2, 0.25) is 0 Å². The number of nitrogens with zero attached hydrogens (tertiary/aromatic N) is 2. The van der Waals surface area contributed by atoms with Crippen LogP contribution in [0.25, 0.3) is 0 Å². The van der Waals surface area contributed by atoms with Gasteiger partial charge in [-0.2, -0.15) is 0 Å². The fourth-order valence-corrected chi connectivity index (χ4v) is 1.99. The van der Waals surface area contributed by atoms with E-state index < -0.39 is 0 Å². The standard InChI is InChI=1S/C13H19N3O2/c1-8(11-5-14-6-11)13(17)16(4)7-12-9(2)15-18-10(12)3/h14H,5-7H2,1-4H3. The zero-order valence-electron chi connectivity index (χ0n) is 11.3. The van der Waals surface area contributed by atoms with Crippen molar-refractivity contribution >= 4 is 5.91 Å². The zero-order chi connectivity index (χ0) is 13.3. The van der Waals surface area contributed by atoms with Crippen LogP contribution in [0.4, 0.5) is 0 Å².